The van der Waals surface area contributed by atoms with Crippen LogP contribution in [-0.2, 0) is 6.42 Å². The summed E-state index contributed by atoms with van der Waals surface area (Å²) in [7, 11) is 1.66. The van der Waals surface area contributed by atoms with Crippen LogP contribution in [0.4, 0.5) is 11.8 Å². The van der Waals surface area contributed by atoms with Crippen molar-refractivity contribution in [2.24, 2.45) is 0 Å². The Bertz CT molecular complexity index is 695. The molecule has 2 rings (SSSR count). The molecule has 7 heteroatoms. The highest BCUT2D eigenvalue weighted by atomic mass is 16.5. The van der Waals surface area contributed by atoms with E-state index in [2.05, 4.69) is 34.3 Å². The first-order valence-corrected chi connectivity index (χ1v) is 9.91. The molecule has 0 bridgehead atoms. The van der Waals surface area contributed by atoms with Crippen LogP contribution in [0.15, 0.2) is 30.5 Å². The Labute approximate surface area is 167 Å². The zero-order chi connectivity index (χ0) is 20.2. The van der Waals surface area contributed by atoms with Crippen molar-refractivity contribution in [3.05, 3.63) is 36.0 Å². The highest BCUT2D eigenvalue weighted by molar-refractivity contribution is 5.51. The minimum absolute atomic E-state index is 0.125. The van der Waals surface area contributed by atoms with Crippen molar-refractivity contribution >= 4 is 11.8 Å². The summed E-state index contributed by atoms with van der Waals surface area (Å²) in [6.45, 7) is 2.82. The molecule has 0 radical (unpaired) electrons. The van der Waals surface area contributed by atoms with Gasteiger partial charge in [0.2, 0.25) is 5.95 Å². The first-order chi connectivity index (χ1) is 13.7. The number of nitrogen functional groups attached to an aromatic ring is 1. The summed E-state index contributed by atoms with van der Waals surface area (Å²) in [5.41, 5.74) is 6.99. The van der Waals surface area contributed by atoms with E-state index in [-0.39, 0.29) is 18.6 Å². The van der Waals surface area contributed by atoms with Crippen LogP contribution in [0.5, 0.6) is 11.5 Å². The average molecular weight is 389 g/mol. The number of aromatic nitrogens is 2. The number of methoxy groups -OCH3 is 1. The van der Waals surface area contributed by atoms with Crippen molar-refractivity contribution in [3.8, 4) is 11.5 Å². The smallest absolute Gasteiger partial charge is 0.222 e. The summed E-state index contributed by atoms with van der Waals surface area (Å²) in [5.74, 6) is 2.23. The Morgan fingerprint density at radius 1 is 1.18 bits per heavy atom. The zero-order valence-corrected chi connectivity index (χ0v) is 16.9. The van der Waals surface area contributed by atoms with Crippen molar-refractivity contribution in [1.29, 1.82) is 0 Å². The summed E-state index contributed by atoms with van der Waals surface area (Å²) in [6.07, 6.45) is 7.17. The second-order valence-corrected chi connectivity index (χ2v) is 6.74. The van der Waals surface area contributed by atoms with E-state index in [1.165, 1.54) is 5.56 Å². The Balaban J connectivity index is 1.91. The Hall–Kier alpha value is -2.54. The predicted molar refractivity (Wildman–Crippen MR) is 112 cm³/mol. The van der Waals surface area contributed by atoms with Gasteiger partial charge in [-0.15, -0.1) is 0 Å². The van der Waals surface area contributed by atoms with E-state index in [1.54, 1.807) is 13.3 Å². The molecular weight excluding hydrogens is 356 g/mol. The van der Waals surface area contributed by atoms with E-state index in [0.717, 1.165) is 37.9 Å². The van der Waals surface area contributed by atoms with Crippen LogP contribution < -0.4 is 20.5 Å². The van der Waals surface area contributed by atoms with Crippen molar-refractivity contribution in [2.75, 3.05) is 31.4 Å². The van der Waals surface area contributed by atoms with Crippen LogP contribution in [0.1, 0.15) is 44.6 Å². The molecule has 7 nitrogen and oxygen atoms in total. The molecular formula is C21H32N4O3. The van der Waals surface area contributed by atoms with Gasteiger partial charge < -0.3 is 25.6 Å². The molecule has 28 heavy (non-hydrogen) atoms. The lowest BCUT2D eigenvalue weighted by Gasteiger charge is -2.20. The molecule has 4 N–H and O–H groups in total. The predicted octanol–water partition coefficient (Wildman–Crippen LogP) is 3.43. The van der Waals surface area contributed by atoms with Gasteiger partial charge >= 0.3 is 0 Å². The normalized spacial score (nSPS) is 11.8. The van der Waals surface area contributed by atoms with Gasteiger partial charge in [-0.1, -0.05) is 31.9 Å². The number of ether oxygens (including phenoxy) is 2. The number of unbranched alkanes of at least 4 members (excludes halogenated alkanes) is 1. The third-order valence-corrected chi connectivity index (χ3v) is 4.52. The summed E-state index contributed by atoms with van der Waals surface area (Å²) >= 11 is 0. The molecule has 2 aromatic rings. The number of benzene rings is 1. The van der Waals surface area contributed by atoms with Gasteiger partial charge in [0.15, 0.2) is 11.6 Å². The van der Waals surface area contributed by atoms with E-state index in [9.17, 15) is 5.11 Å². The lowest BCUT2D eigenvalue weighted by molar-refractivity contribution is 0.275. The molecule has 0 amide bonds. The van der Waals surface area contributed by atoms with Crippen molar-refractivity contribution in [3.63, 3.8) is 0 Å². The molecule has 0 saturated heterocycles. The number of hydrogen-bond acceptors (Lipinski definition) is 7. The van der Waals surface area contributed by atoms with Gasteiger partial charge in [0.05, 0.1) is 19.9 Å². The van der Waals surface area contributed by atoms with Gasteiger partial charge in [-0.2, -0.15) is 4.98 Å². The number of aliphatic hydroxyl groups is 1. The lowest BCUT2D eigenvalue weighted by atomic mass is 10.1. The number of aliphatic hydroxyl groups excluding tert-OH is 1. The fourth-order valence-electron chi connectivity index (χ4n) is 2.93. The van der Waals surface area contributed by atoms with Crippen LogP contribution in [-0.4, -0.2) is 41.4 Å². The quantitative estimate of drug-likeness (QED) is 0.452. The fourth-order valence-corrected chi connectivity index (χ4v) is 2.93. The van der Waals surface area contributed by atoms with E-state index in [1.807, 2.05) is 12.1 Å². The molecule has 0 fully saturated rings. The van der Waals surface area contributed by atoms with Gasteiger partial charge in [0, 0.05) is 12.6 Å². The minimum atomic E-state index is 0.125. The fraction of sp³-hybridized carbons (Fsp3) is 0.524. The van der Waals surface area contributed by atoms with Crippen LogP contribution >= 0.6 is 0 Å². The summed E-state index contributed by atoms with van der Waals surface area (Å²) in [6, 6.07) is 8.17. The van der Waals surface area contributed by atoms with Crippen LogP contribution in [0.3, 0.4) is 0 Å². The SMILES string of the molecule is CCCC[C@@H](CCO)Nc1nc(N)ncc1OCCCc1ccc(OC)cc1. The molecule has 1 aromatic carbocycles. The maximum Gasteiger partial charge on any atom is 0.222 e. The summed E-state index contributed by atoms with van der Waals surface area (Å²) in [5, 5.41) is 12.7. The first kappa shape index (κ1) is 21.8. The molecule has 0 aliphatic carbocycles. The van der Waals surface area contributed by atoms with Gasteiger partial charge in [0.25, 0.3) is 0 Å². The van der Waals surface area contributed by atoms with Crippen molar-refractivity contribution in [1.82, 2.24) is 9.97 Å². The van der Waals surface area contributed by atoms with Gasteiger partial charge in [0.1, 0.15) is 5.75 Å². The van der Waals surface area contributed by atoms with Crippen LogP contribution in [0, 0.1) is 0 Å². The highest BCUT2D eigenvalue weighted by Gasteiger charge is 2.13. The third kappa shape index (κ3) is 7.23. The maximum absolute atomic E-state index is 9.32. The number of aryl methyl sites for hydroxylation is 1. The number of anilines is 2. The monoisotopic (exact) mass is 388 g/mol. The van der Waals surface area contributed by atoms with E-state index in [0.29, 0.717) is 24.6 Å². The van der Waals surface area contributed by atoms with E-state index < -0.39 is 0 Å². The van der Waals surface area contributed by atoms with Gasteiger partial charge in [-0.05, 0) is 43.4 Å². The molecule has 0 unspecified atom stereocenters. The maximum atomic E-state index is 9.32. The standard InChI is InChI=1S/C21H32N4O3/c1-3-4-7-17(12-13-26)24-20-19(15-23-21(22)25-20)28-14-5-6-16-8-10-18(27-2)11-9-16/h8-11,15,17,26H,3-7,12-14H2,1-2H3,(H3,22,23,24,25)/t17-/m0/s1. The molecule has 1 aromatic heterocycles. The molecule has 0 spiro atoms. The lowest BCUT2D eigenvalue weighted by Crippen LogP contribution is -2.22. The number of hydrogen-bond donors (Lipinski definition) is 3. The van der Waals surface area contributed by atoms with Gasteiger partial charge in [-0.3, -0.25) is 0 Å². The molecule has 1 atom stereocenters. The molecule has 154 valence electrons. The zero-order valence-electron chi connectivity index (χ0n) is 16.9. The first-order valence-electron chi connectivity index (χ1n) is 9.91. The molecule has 1 heterocycles. The van der Waals surface area contributed by atoms with Gasteiger partial charge in [-0.25, -0.2) is 4.98 Å². The highest BCUT2D eigenvalue weighted by Crippen LogP contribution is 2.24. The Kier molecular flexibility index (Phi) is 9.34. The number of rotatable bonds is 13. The summed E-state index contributed by atoms with van der Waals surface area (Å²) < 4.78 is 11.1. The summed E-state index contributed by atoms with van der Waals surface area (Å²) in [4.78, 5) is 8.34. The largest absolute Gasteiger partial charge is 0.497 e. The van der Waals surface area contributed by atoms with E-state index in [4.69, 9.17) is 15.2 Å². The van der Waals surface area contributed by atoms with Crippen molar-refractivity contribution < 1.29 is 14.6 Å². The van der Waals surface area contributed by atoms with Crippen LogP contribution in [0.2, 0.25) is 0 Å². The number of nitrogens with one attached hydrogen (secondary N) is 1. The number of nitrogens with zero attached hydrogens (tertiary/aromatic N) is 2. The Morgan fingerprint density at radius 2 is 1.96 bits per heavy atom. The van der Waals surface area contributed by atoms with Crippen LogP contribution in [0.25, 0.3) is 0 Å². The minimum Gasteiger partial charge on any atom is -0.497 e. The molecule has 0 aliphatic rings. The average Bonchev–Trinajstić information content (AvgIpc) is 2.71. The molecule has 0 saturated carbocycles. The van der Waals surface area contributed by atoms with E-state index >= 15 is 0 Å². The molecule has 0 aliphatic heterocycles. The number of nitrogens with two attached hydrogens (primary N) is 1. The topological polar surface area (TPSA) is 103 Å². The van der Waals surface area contributed by atoms with Crippen molar-refractivity contribution in [2.45, 2.75) is 51.5 Å². The Morgan fingerprint density at radius 3 is 2.64 bits per heavy atom. The second kappa shape index (κ2) is 12.0. The third-order valence-electron chi connectivity index (χ3n) is 4.52. The second-order valence-electron chi connectivity index (χ2n) is 6.74.